The Morgan fingerprint density at radius 2 is 1.71 bits per heavy atom. The first-order valence-electron chi connectivity index (χ1n) is 20.4. The Hall–Kier alpha value is -6.27. The van der Waals surface area contributed by atoms with Crippen molar-refractivity contribution >= 4 is 63.9 Å². The SMILES string of the molecule is CNc1cc(N2CCc3c(-c4ncc(CN5CCC6(CCN(C(=O)c7cc(C)c(Cl)c(N8CCC(=O)NC8=O)c7)CC6)C(F)(F)C5)cc4F)cccc32)nn2c(C(N)=O)cnc12. The van der Waals surface area contributed by atoms with Crippen molar-refractivity contribution in [2.45, 2.75) is 51.5 Å². The van der Waals surface area contributed by atoms with Gasteiger partial charge in [-0.1, -0.05) is 23.7 Å². The number of urea groups is 1. The van der Waals surface area contributed by atoms with Crippen LogP contribution in [-0.2, 0) is 17.8 Å². The average molecular weight is 870 g/mol. The van der Waals surface area contributed by atoms with Crippen LogP contribution in [0.1, 0.15) is 63.2 Å². The van der Waals surface area contributed by atoms with Crippen molar-refractivity contribution in [3.05, 3.63) is 93.6 Å². The molecule has 5 amide bonds. The predicted molar refractivity (Wildman–Crippen MR) is 225 cm³/mol. The number of carbonyl (C=O) groups excluding carboxylic acids is 4. The Kier molecular flexibility index (Phi) is 10.3. The molecule has 3 saturated heterocycles. The predicted octanol–water partition coefficient (Wildman–Crippen LogP) is 5.94. The van der Waals surface area contributed by atoms with E-state index < -0.39 is 41.5 Å². The molecule has 0 unspecified atom stereocenters. The highest BCUT2D eigenvalue weighted by atomic mass is 35.5. The fraction of sp³-hybridized carbons (Fsp3) is 0.372. The van der Waals surface area contributed by atoms with Crippen LogP contribution < -0.4 is 26.2 Å². The highest BCUT2D eigenvalue weighted by Gasteiger charge is 2.57. The molecule has 1 spiro atoms. The summed E-state index contributed by atoms with van der Waals surface area (Å²) >= 11 is 6.53. The number of hydrogen-bond donors (Lipinski definition) is 3. The minimum absolute atomic E-state index is 0.0859. The van der Waals surface area contributed by atoms with Gasteiger partial charge in [0.05, 0.1) is 29.1 Å². The van der Waals surface area contributed by atoms with E-state index in [2.05, 4.69) is 25.7 Å². The van der Waals surface area contributed by atoms with E-state index in [0.29, 0.717) is 59.0 Å². The molecule has 3 aromatic heterocycles. The smallest absolute Gasteiger partial charge is 0.328 e. The first-order valence-corrected chi connectivity index (χ1v) is 20.8. The van der Waals surface area contributed by atoms with Gasteiger partial charge in [0.2, 0.25) is 5.91 Å². The molecule has 322 valence electrons. The minimum atomic E-state index is -3.07. The van der Waals surface area contributed by atoms with E-state index in [0.717, 1.165) is 11.3 Å². The number of imidazole rings is 1. The van der Waals surface area contributed by atoms with Crippen LogP contribution in [0.3, 0.4) is 0 Å². The molecule has 3 fully saturated rings. The molecule has 62 heavy (non-hydrogen) atoms. The molecule has 4 aliphatic rings. The van der Waals surface area contributed by atoms with E-state index >= 15 is 13.2 Å². The maximum absolute atomic E-state index is 16.2. The molecule has 2 aromatic carbocycles. The van der Waals surface area contributed by atoms with Crippen molar-refractivity contribution in [2.24, 2.45) is 11.1 Å². The fourth-order valence-corrected chi connectivity index (χ4v) is 9.58. The quantitative estimate of drug-likeness (QED) is 0.170. The van der Waals surface area contributed by atoms with Crippen molar-refractivity contribution in [3.63, 3.8) is 0 Å². The highest BCUT2D eigenvalue weighted by molar-refractivity contribution is 6.35. The molecule has 9 rings (SSSR count). The van der Waals surface area contributed by atoms with Crippen molar-refractivity contribution in [1.29, 1.82) is 0 Å². The Bertz CT molecular complexity index is 2680. The molecule has 0 aliphatic carbocycles. The number of fused-ring (bicyclic) bond motifs is 2. The number of pyridine rings is 1. The number of likely N-dealkylation sites (tertiary alicyclic amines) is 2. The Balaban J connectivity index is 0.860. The number of alkyl halides is 2. The van der Waals surface area contributed by atoms with E-state index in [1.54, 1.807) is 35.9 Å². The first kappa shape index (κ1) is 41.1. The van der Waals surface area contributed by atoms with Gasteiger partial charge in [0.1, 0.15) is 17.2 Å². The number of nitrogens with one attached hydrogen (secondary N) is 2. The molecule has 19 heteroatoms. The number of aryl methyl sites for hydroxylation is 1. The second kappa shape index (κ2) is 15.6. The van der Waals surface area contributed by atoms with Gasteiger partial charge in [0.25, 0.3) is 17.7 Å². The first-order chi connectivity index (χ1) is 29.7. The van der Waals surface area contributed by atoms with Crippen LogP contribution in [0.2, 0.25) is 5.02 Å². The molecule has 5 aromatic rings. The number of piperidine rings is 2. The lowest BCUT2D eigenvalue weighted by Gasteiger charge is -2.51. The Morgan fingerprint density at radius 1 is 0.952 bits per heavy atom. The standard InChI is InChI=1S/C43H43ClF3N11O4/c1-24-16-26(18-32(36(24)44)57-12-7-35(59)52-41(57)62)40(61)55-14-9-42(10-15-55)8-13-54(23-43(42,46)47)22-25-17-29(45)37(50-20-25)28-4-3-5-31-27(28)6-11-56(31)34-19-30(49-2)39-51-21-33(38(48)60)58(39)53-34/h3-5,16-21,49H,6-15,22-23H2,1-2H3,(H2,48,60)(H,52,59,62). The number of amides is 5. The zero-order valence-electron chi connectivity index (χ0n) is 34.0. The lowest BCUT2D eigenvalue weighted by molar-refractivity contribution is -0.186. The van der Waals surface area contributed by atoms with Crippen LogP contribution >= 0.6 is 11.6 Å². The molecule has 0 atom stereocenters. The second-order valence-electron chi connectivity index (χ2n) is 16.4. The number of aromatic nitrogens is 4. The number of carbonyl (C=O) groups is 4. The summed E-state index contributed by atoms with van der Waals surface area (Å²) in [6, 6.07) is 11.2. The van der Waals surface area contributed by atoms with Gasteiger partial charge in [-0.3, -0.25) is 34.5 Å². The van der Waals surface area contributed by atoms with E-state index in [1.807, 2.05) is 23.1 Å². The summed E-state index contributed by atoms with van der Waals surface area (Å²) in [6.07, 6.45) is 3.99. The van der Waals surface area contributed by atoms with Gasteiger partial charge in [0, 0.05) is 80.7 Å². The normalized spacial score (nSPS) is 18.6. The van der Waals surface area contributed by atoms with E-state index in [9.17, 15) is 19.2 Å². The Labute approximate surface area is 359 Å². The fourth-order valence-electron chi connectivity index (χ4n) is 9.37. The van der Waals surface area contributed by atoms with Crippen molar-refractivity contribution in [2.75, 3.05) is 61.4 Å². The van der Waals surface area contributed by atoms with Gasteiger partial charge in [-0.2, -0.15) is 0 Å². The second-order valence-corrected chi connectivity index (χ2v) is 16.8. The average Bonchev–Trinajstić information content (AvgIpc) is 3.89. The van der Waals surface area contributed by atoms with Gasteiger partial charge >= 0.3 is 6.03 Å². The van der Waals surface area contributed by atoms with E-state index in [4.69, 9.17) is 17.3 Å². The van der Waals surface area contributed by atoms with Crippen LogP contribution in [0, 0.1) is 18.2 Å². The van der Waals surface area contributed by atoms with Crippen LogP contribution in [0.5, 0.6) is 0 Å². The maximum Gasteiger partial charge on any atom is 0.328 e. The zero-order chi connectivity index (χ0) is 43.7. The minimum Gasteiger partial charge on any atom is -0.385 e. The Morgan fingerprint density at radius 3 is 2.42 bits per heavy atom. The van der Waals surface area contributed by atoms with Gasteiger partial charge < -0.3 is 20.9 Å². The summed E-state index contributed by atoms with van der Waals surface area (Å²) in [5, 5.41) is 10.3. The number of nitrogens with zero attached hydrogens (tertiary/aromatic N) is 8. The lowest BCUT2D eigenvalue weighted by atomic mass is 9.68. The number of halogens is 4. The van der Waals surface area contributed by atoms with Crippen LogP contribution in [0.15, 0.2) is 54.9 Å². The monoisotopic (exact) mass is 869 g/mol. The molecular formula is C43H43ClF3N11O4. The van der Waals surface area contributed by atoms with Gasteiger partial charge in [0.15, 0.2) is 11.5 Å². The van der Waals surface area contributed by atoms with E-state index in [-0.39, 0.29) is 79.7 Å². The summed E-state index contributed by atoms with van der Waals surface area (Å²) in [6.45, 7) is 2.55. The van der Waals surface area contributed by atoms with Crippen molar-refractivity contribution in [1.82, 2.24) is 34.7 Å². The topological polar surface area (TPSA) is 174 Å². The molecule has 0 saturated carbocycles. The largest absolute Gasteiger partial charge is 0.385 e. The number of hydrogen-bond acceptors (Lipinski definition) is 10. The van der Waals surface area contributed by atoms with Gasteiger partial charge in [-0.15, -0.1) is 5.10 Å². The molecule has 7 heterocycles. The molecule has 4 N–H and O–H groups in total. The van der Waals surface area contributed by atoms with Crippen LogP contribution in [-0.4, -0.2) is 105 Å². The number of anilines is 4. The number of benzene rings is 2. The summed E-state index contributed by atoms with van der Waals surface area (Å²) in [5.74, 6) is -4.51. The highest BCUT2D eigenvalue weighted by Crippen LogP contribution is 2.51. The van der Waals surface area contributed by atoms with Crippen molar-refractivity contribution < 1.29 is 32.3 Å². The molecule has 4 aliphatic heterocycles. The molecular weight excluding hydrogens is 827 g/mol. The number of primary amides is 1. The molecule has 0 radical (unpaired) electrons. The third kappa shape index (κ3) is 7.03. The van der Waals surface area contributed by atoms with Crippen LogP contribution in [0.4, 0.5) is 40.8 Å². The molecule has 15 nitrogen and oxygen atoms in total. The summed E-state index contributed by atoms with van der Waals surface area (Å²) < 4.78 is 49.8. The number of nitrogens with two attached hydrogens (primary N) is 1. The third-order valence-electron chi connectivity index (χ3n) is 12.8. The summed E-state index contributed by atoms with van der Waals surface area (Å²) in [7, 11) is 1.74. The summed E-state index contributed by atoms with van der Waals surface area (Å²) in [4.78, 5) is 65.4. The lowest BCUT2D eigenvalue weighted by Crippen LogP contribution is -2.59. The maximum atomic E-state index is 16.2. The van der Waals surface area contributed by atoms with Crippen molar-refractivity contribution in [3.8, 4) is 11.3 Å². The van der Waals surface area contributed by atoms with Crippen LogP contribution in [0.25, 0.3) is 16.9 Å². The number of rotatable bonds is 8. The third-order valence-corrected chi connectivity index (χ3v) is 13.3. The van der Waals surface area contributed by atoms with Gasteiger partial charge in [-0.05, 0) is 80.1 Å². The van der Waals surface area contributed by atoms with Gasteiger partial charge in [-0.25, -0.2) is 27.5 Å². The molecule has 0 bridgehead atoms. The van der Waals surface area contributed by atoms with E-state index in [1.165, 1.54) is 33.9 Å². The summed E-state index contributed by atoms with van der Waals surface area (Å²) in [5.41, 5.74) is 9.56. The number of imide groups is 1. The zero-order valence-corrected chi connectivity index (χ0v) is 34.7.